The maximum atomic E-state index is 12.4. The van der Waals surface area contributed by atoms with Gasteiger partial charge in [-0.2, -0.15) is 0 Å². The average Bonchev–Trinajstić information content (AvgIpc) is 2.86. The quantitative estimate of drug-likeness (QED) is 0.612. The van der Waals surface area contributed by atoms with Crippen LogP contribution in [0.25, 0.3) is 6.08 Å². The third kappa shape index (κ3) is 3.45. The smallest absolute Gasteiger partial charge is 0.329 e. The molecule has 0 aromatic heterocycles. The molecule has 1 aliphatic heterocycles. The fourth-order valence-corrected chi connectivity index (χ4v) is 2.41. The number of hydrogen-bond donors (Lipinski definition) is 1. The molecule has 1 heterocycles. The molecule has 3 amide bonds. The molecule has 130 valence electrons. The minimum Gasteiger partial charge on any atom is -0.496 e. The average molecular weight is 334 g/mol. The van der Waals surface area contributed by atoms with E-state index < -0.39 is 6.03 Å². The Balaban J connectivity index is 2.37. The van der Waals surface area contributed by atoms with Gasteiger partial charge in [0, 0.05) is 18.2 Å². The van der Waals surface area contributed by atoms with Crippen molar-refractivity contribution in [1.82, 2.24) is 10.2 Å². The summed E-state index contributed by atoms with van der Waals surface area (Å²) in [6.45, 7) is 2.41. The summed E-state index contributed by atoms with van der Waals surface area (Å²) in [5, 5.41) is 2.60. The summed E-state index contributed by atoms with van der Waals surface area (Å²) in [4.78, 5) is 25.5. The minimum absolute atomic E-state index is 0.210. The molecule has 1 aromatic carbocycles. The topological polar surface area (TPSA) is 77.1 Å². The molecule has 0 saturated carbocycles. The molecule has 7 nitrogen and oxygen atoms in total. The van der Waals surface area contributed by atoms with Crippen LogP contribution in [-0.2, 0) is 4.79 Å². The Morgan fingerprint density at radius 2 is 1.67 bits per heavy atom. The molecule has 2 rings (SSSR count). The Bertz CT molecular complexity index is 669. The van der Waals surface area contributed by atoms with E-state index in [1.54, 1.807) is 18.2 Å². The van der Waals surface area contributed by atoms with Gasteiger partial charge in [0.1, 0.15) is 11.4 Å². The molecule has 0 radical (unpaired) electrons. The van der Waals surface area contributed by atoms with Crippen molar-refractivity contribution >= 4 is 18.0 Å². The zero-order valence-electron chi connectivity index (χ0n) is 14.3. The van der Waals surface area contributed by atoms with Crippen molar-refractivity contribution < 1.29 is 23.8 Å². The lowest BCUT2D eigenvalue weighted by molar-refractivity contribution is -0.122. The van der Waals surface area contributed by atoms with E-state index in [4.69, 9.17) is 14.2 Å². The Morgan fingerprint density at radius 3 is 2.25 bits per heavy atom. The Morgan fingerprint density at radius 1 is 1.04 bits per heavy atom. The van der Waals surface area contributed by atoms with Gasteiger partial charge in [-0.15, -0.1) is 0 Å². The third-order valence-electron chi connectivity index (χ3n) is 3.73. The first-order valence-corrected chi connectivity index (χ1v) is 7.70. The number of unbranched alkanes of at least 4 members (excludes halogenated alkanes) is 1. The first-order valence-electron chi connectivity index (χ1n) is 7.70. The Kier molecular flexibility index (Phi) is 5.68. The second kappa shape index (κ2) is 7.72. The van der Waals surface area contributed by atoms with Gasteiger partial charge in [-0.3, -0.25) is 9.69 Å². The van der Waals surface area contributed by atoms with Gasteiger partial charge in [0.25, 0.3) is 5.91 Å². The molecular weight excluding hydrogens is 312 g/mol. The van der Waals surface area contributed by atoms with Crippen LogP contribution in [0.15, 0.2) is 17.8 Å². The van der Waals surface area contributed by atoms with Gasteiger partial charge in [-0.05, 0) is 18.6 Å². The van der Waals surface area contributed by atoms with Gasteiger partial charge < -0.3 is 19.5 Å². The summed E-state index contributed by atoms with van der Waals surface area (Å²) >= 11 is 0. The standard InChI is InChI=1S/C17H22N2O5/c1-5-6-7-19-16(20)12(18-17(19)21)8-11-9-14(23-3)15(24-4)10-13(11)22-2/h8-10H,5-7H2,1-4H3,(H,18,21). The molecule has 1 aromatic rings. The van der Waals surface area contributed by atoms with Crippen LogP contribution in [0.1, 0.15) is 25.3 Å². The van der Waals surface area contributed by atoms with Gasteiger partial charge in [-0.25, -0.2) is 4.79 Å². The number of imide groups is 1. The molecule has 0 aliphatic carbocycles. The van der Waals surface area contributed by atoms with E-state index in [1.165, 1.54) is 26.2 Å². The maximum Gasteiger partial charge on any atom is 0.329 e. The highest BCUT2D eigenvalue weighted by Crippen LogP contribution is 2.35. The Hall–Kier alpha value is -2.70. The van der Waals surface area contributed by atoms with Crippen molar-refractivity contribution in [3.63, 3.8) is 0 Å². The van der Waals surface area contributed by atoms with Crippen molar-refractivity contribution in [2.45, 2.75) is 19.8 Å². The third-order valence-corrected chi connectivity index (χ3v) is 3.73. The number of carbonyl (C=O) groups is 2. The summed E-state index contributed by atoms with van der Waals surface area (Å²) < 4.78 is 15.8. The van der Waals surface area contributed by atoms with Crippen LogP contribution in [0.2, 0.25) is 0 Å². The first-order chi connectivity index (χ1) is 11.5. The molecule has 0 unspecified atom stereocenters. The summed E-state index contributed by atoms with van der Waals surface area (Å²) in [5.41, 5.74) is 0.817. The number of carbonyl (C=O) groups excluding carboxylic acids is 2. The molecule has 1 aliphatic rings. The summed E-state index contributed by atoms with van der Waals surface area (Å²) in [6.07, 6.45) is 3.25. The Labute approximate surface area is 141 Å². The van der Waals surface area contributed by atoms with Crippen molar-refractivity contribution in [3.05, 3.63) is 23.4 Å². The van der Waals surface area contributed by atoms with Crippen molar-refractivity contribution in [3.8, 4) is 17.2 Å². The molecule has 7 heteroatoms. The number of hydrogen-bond acceptors (Lipinski definition) is 5. The fourth-order valence-electron chi connectivity index (χ4n) is 2.41. The normalized spacial score (nSPS) is 15.7. The molecule has 0 spiro atoms. The maximum absolute atomic E-state index is 12.4. The van der Waals surface area contributed by atoms with Crippen LogP contribution < -0.4 is 19.5 Å². The minimum atomic E-state index is -0.404. The predicted octanol–water partition coefficient (Wildman–Crippen LogP) is 2.41. The van der Waals surface area contributed by atoms with Crippen molar-refractivity contribution in [1.29, 1.82) is 0 Å². The van der Waals surface area contributed by atoms with Gasteiger partial charge in [0.05, 0.1) is 21.3 Å². The summed E-state index contributed by atoms with van der Waals surface area (Å²) in [5.74, 6) is 1.19. The van der Waals surface area contributed by atoms with Gasteiger partial charge in [0.15, 0.2) is 11.5 Å². The number of methoxy groups -OCH3 is 3. The summed E-state index contributed by atoms with van der Waals surface area (Å²) in [6, 6.07) is 2.96. The largest absolute Gasteiger partial charge is 0.496 e. The number of nitrogens with one attached hydrogen (secondary N) is 1. The number of ether oxygens (including phenoxy) is 3. The lowest BCUT2D eigenvalue weighted by atomic mass is 10.1. The van der Waals surface area contributed by atoms with E-state index in [1.807, 2.05) is 6.92 Å². The highest BCUT2D eigenvalue weighted by Gasteiger charge is 2.33. The van der Waals surface area contributed by atoms with E-state index in [9.17, 15) is 9.59 Å². The van der Waals surface area contributed by atoms with Gasteiger partial charge in [0.2, 0.25) is 0 Å². The molecule has 1 saturated heterocycles. The van der Waals surface area contributed by atoms with Crippen LogP contribution in [0, 0.1) is 0 Å². The summed E-state index contributed by atoms with van der Waals surface area (Å²) in [7, 11) is 4.57. The van der Waals surface area contributed by atoms with Crippen LogP contribution in [0.3, 0.4) is 0 Å². The molecule has 0 bridgehead atoms. The fraction of sp³-hybridized carbons (Fsp3) is 0.412. The predicted molar refractivity (Wildman–Crippen MR) is 89.2 cm³/mol. The number of urea groups is 1. The van der Waals surface area contributed by atoms with E-state index in [2.05, 4.69) is 5.32 Å². The second-order valence-corrected chi connectivity index (χ2v) is 5.25. The van der Waals surface area contributed by atoms with Crippen LogP contribution in [0.4, 0.5) is 4.79 Å². The lowest BCUT2D eigenvalue weighted by Gasteiger charge is -2.12. The van der Waals surface area contributed by atoms with Gasteiger partial charge in [-0.1, -0.05) is 13.3 Å². The molecule has 0 atom stereocenters. The SMILES string of the molecule is CCCCN1C(=O)NC(=Cc2cc(OC)c(OC)cc2OC)C1=O. The van der Waals surface area contributed by atoms with E-state index in [0.717, 1.165) is 12.8 Å². The number of rotatable bonds is 7. The van der Waals surface area contributed by atoms with E-state index in [-0.39, 0.29) is 11.6 Å². The molecule has 1 fully saturated rings. The number of nitrogens with zero attached hydrogens (tertiary/aromatic N) is 1. The van der Waals surface area contributed by atoms with Crippen LogP contribution in [0.5, 0.6) is 17.2 Å². The van der Waals surface area contributed by atoms with E-state index >= 15 is 0 Å². The van der Waals surface area contributed by atoms with Gasteiger partial charge >= 0.3 is 6.03 Å². The number of amides is 3. The lowest BCUT2D eigenvalue weighted by Crippen LogP contribution is -2.31. The van der Waals surface area contributed by atoms with Crippen molar-refractivity contribution in [2.24, 2.45) is 0 Å². The van der Waals surface area contributed by atoms with Crippen LogP contribution >= 0.6 is 0 Å². The molecular formula is C17H22N2O5. The molecule has 24 heavy (non-hydrogen) atoms. The van der Waals surface area contributed by atoms with Crippen LogP contribution in [-0.4, -0.2) is 44.7 Å². The second-order valence-electron chi connectivity index (χ2n) is 5.25. The zero-order valence-corrected chi connectivity index (χ0v) is 14.3. The highest BCUT2D eigenvalue weighted by atomic mass is 16.5. The van der Waals surface area contributed by atoms with E-state index in [0.29, 0.717) is 29.4 Å². The molecule has 1 N–H and O–H groups in total. The first kappa shape index (κ1) is 17.7. The van der Waals surface area contributed by atoms with Crippen molar-refractivity contribution in [2.75, 3.05) is 27.9 Å². The highest BCUT2D eigenvalue weighted by molar-refractivity contribution is 6.14. The number of benzene rings is 1. The monoisotopic (exact) mass is 334 g/mol. The zero-order chi connectivity index (χ0) is 17.7.